The number of aromatic nitrogens is 3. The highest BCUT2D eigenvalue weighted by molar-refractivity contribution is 5.94. The Morgan fingerprint density at radius 3 is 2.72 bits per heavy atom. The van der Waals surface area contributed by atoms with Gasteiger partial charge in [-0.2, -0.15) is 5.26 Å². The minimum absolute atomic E-state index is 0.00934. The molecule has 4 rings (SSSR count). The number of amides is 1. The molecule has 29 heavy (non-hydrogen) atoms. The molecule has 0 saturated heterocycles. The van der Waals surface area contributed by atoms with E-state index in [0.717, 1.165) is 24.7 Å². The van der Waals surface area contributed by atoms with E-state index in [1.807, 2.05) is 31.2 Å². The van der Waals surface area contributed by atoms with Crippen LogP contribution in [-0.2, 0) is 19.4 Å². The molecule has 1 amide bonds. The van der Waals surface area contributed by atoms with Crippen molar-refractivity contribution in [3.63, 3.8) is 0 Å². The van der Waals surface area contributed by atoms with Crippen LogP contribution >= 0.6 is 0 Å². The number of carbonyl (C=O) groups excluding carboxylic acids is 1. The molecule has 2 aromatic carbocycles. The summed E-state index contributed by atoms with van der Waals surface area (Å²) in [6.07, 6.45) is 1.63. The van der Waals surface area contributed by atoms with Gasteiger partial charge in [0.2, 0.25) is 0 Å². The van der Waals surface area contributed by atoms with Gasteiger partial charge in [-0.3, -0.25) is 4.79 Å². The number of benzene rings is 2. The average molecular weight is 389 g/mol. The van der Waals surface area contributed by atoms with Crippen LogP contribution in [0.3, 0.4) is 0 Å². The highest BCUT2D eigenvalue weighted by atomic mass is 19.1. The third-order valence-corrected chi connectivity index (χ3v) is 5.19. The first kappa shape index (κ1) is 18.8. The summed E-state index contributed by atoms with van der Waals surface area (Å²) in [6, 6.07) is 16.0. The molecule has 7 heteroatoms. The van der Waals surface area contributed by atoms with Crippen LogP contribution in [-0.4, -0.2) is 32.1 Å². The smallest absolute Gasteiger partial charge is 0.257 e. The van der Waals surface area contributed by atoms with Gasteiger partial charge in [-0.25, -0.2) is 4.39 Å². The summed E-state index contributed by atoms with van der Waals surface area (Å²) >= 11 is 0. The summed E-state index contributed by atoms with van der Waals surface area (Å²) in [5.41, 5.74) is 1.39. The van der Waals surface area contributed by atoms with Crippen molar-refractivity contribution < 1.29 is 9.18 Å². The Bertz CT molecular complexity index is 1090. The van der Waals surface area contributed by atoms with E-state index < -0.39 is 11.7 Å². The zero-order valence-corrected chi connectivity index (χ0v) is 16.0. The number of aryl methyl sites for hydroxylation is 2. The molecule has 3 aromatic rings. The Kier molecular flexibility index (Phi) is 5.09. The summed E-state index contributed by atoms with van der Waals surface area (Å²) in [5, 5.41) is 17.5. The zero-order chi connectivity index (χ0) is 20.4. The van der Waals surface area contributed by atoms with E-state index in [1.165, 1.54) is 17.7 Å². The van der Waals surface area contributed by atoms with Crippen LogP contribution in [0.4, 0.5) is 4.39 Å². The lowest BCUT2D eigenvalue weighted by atomic mass is 10.1. The van der Waals surface area contributed by atoms with Gasteiger partial charge in [-0.05, 0) is 37.1 Å². The van der Waals surface area contributed by atoms with Crippen molar-refractivity contribution in [2.75, 3.05) is 6.54 Å². The molecule has 1 atom stereocenters. The minimum Gasteiger partial charge on any atom is -0.329 e. The number of halogens is 1. The summed E-state index contributed by atoms with van der Waals surface area (Å²) in [5.74, 6) is 0.512. The second-order valence-electron chi connectivity index (χ2n) is 7.23. The van der Waals surface area contributed by atoms with Crippen molar-refractivity contribution in [3.8, 4) is 6.07 Å². The van der Waals surface area contributed by atoms with Gasteiger partial charge in [-0.15, -0.1) is 10.2 Å². The molecular weight excluding hydrogens is 369 g/mol. The van der Waals surface area contributed by atoms with Gasteiger partial charge in [0.25, 0.3) is 5.91 Å². The van der Waals surface area contributed by atoms with E-state index in [4.69, 9.17) is 5.26 Å². The Labute approximate surface area is 168 Å². The van der Waals surface area contributed by atoms with E-state index in [-0.39, 0.29) is 23.7 Å². The van der Waals surface area contributed by atoms with Gasteiger partial charge < -0.3 is 9.47 Å². The molecule has 0 N–H and O–H groups in total. The molecular formula is C22H20FN5O. The Balaban J connectivity index is 1.51. The molecule has 1 aromatic heterocycles. The Morgan fingerprint density at radius 1 is 1.21 bits per heavy atom. The van der Waals surface area contributed by atoms with Crippen LogP contribution in [0.1, 0.15) is 46.1 Å². The molecule has 0 radical (unpaired) electrons. The predicted octanol–water partition coefficient (Wildman–Crippen LogP) is 3.29. The third kappa shape index (κ3) is 3.74. The number of rotatable bonds is 4. The van der Waals surface area contributed by atoms with Gasteiger partial charge in [0.1, 0.15) is 11.6 Å². The molecule has 1 aliphatic heterocycles. The first-order chi connectivity index (χ1) is 14.1. The first-order valence-corrected chi connectivity index (χ1v) is 9.52. The number of carbonyl (C=O) groups is 1. The SMILES string of the molecule is C[C@H]1CN(C(=O)c2ccc(C#N)cc2F)Cc2nnc(CCc3ccccc3)n21. The van der Waals surface area contributed by atoms with Crippen molar-refractivity contribution in [1.82, 2.24) is 19.7 Å². The van der Waals surface area contributed by atoms with Crippen molar-refractivity contribution >= 4 is 5.91 Å². The summed E-state index contributed by atoms with van der Waals surface area (Å²) in [4.78, 5) is 14.4. The fourth-order valence-electron chi connectivity index (χ4n) is 3.77. The number of hydrogen-bond acceptors (Lipinski definition) is 4. The second-order valence-corrected chi connectivity index (χ2v) is 7.23. The molecule has 6 nitrogen and oxygen atoms in total. The topological polar surface area (TPSA) is 74.8 Å². The minimum atomic E-state index is -0.683. The van der Waals surface area contributed by atoms with E-state index >= 15 is 0 Å². The molecule has 0 fully saturated rings. The van der Waals surface area contributed by atoms with E-state index in [2.05, 4.69) is 26.9 Å². The van der Waals surface area contributed by atoms with Crippen LogP contribution < -0.4 is 0 Å². The summed E-state index contributed by atoms with van der Waals surface area (Å²) in [7, 11) is 0. The van der Waals surface area contributed by atoms with Crippen molar-refractivity contribution in [2.45, 2.75) is 32.4 Å². The van der Waals surface area contributed by atoms with Crippen LogP contribution in [0.5, 0.6) is 0 Å². The average Bonchev–Trinajstić information content (AvgIpc) is 3.16. The largest absolute Gasteiger partial charge is 0.329 e. The molecule has 0 aliphatic carbocycles. The van der Waals surface area contributed by atoms with Gasteiger partial charge in [0, 0.05) is 13.0 Å². The maximum absolute atomic E-state index is 14.3. The molecule has 2 heterocycles. The highest BCUT2D eigenvalue weighted by Crippen LogP contribution is 2.24. The fourth-order valence-corrected chi connectivity index (χ4v) is 3.77. The summed E-state index contributed by atoms with van der Waals surface area (Å²) < 4.78 is 16.4. The highest BCUT2D eigenvalue weighted by Gasteiger charge is 2.30. The van der Waals surface area contributed by atoms with E-state index in [9.17, 15) is 9.18 Å². The number of hydrogen-bond donors (Lipinski definition) is 0. The molecule has 0 saturated carbocycles. The Morgan fingerprint density at radius 2 is 2.00 bits per heavy atom. The normalized spacial score (nSPS) is 15.6. The molecule has 146 valence electrons. The van der Waals surface area contributed by atoms with Crippen LogP contribution in [0.15, 0.2) is 48.5 Å². The quantitative estimate of drug-likeness (QED) is 0.686. The molecule has 0 spiro atoms. The Hall–Kier alpha value is -3.53. The van der Waals surface area contributed by atoms with Crippen LogP contribution in [0, 0.1) is 17.1 Å². The number of nitriles is 1. The van der Waals surface area contributed by atoms with Crippen LogP contribution in [0.25, 0.3) is 0 Å². The lowest BCUT2D eigenvalue weighted by Gasteiger charge is -2.32. The van der Waals surface area contributed by atoms with Crippen molar-refractivity contribution in [2.24, 2.45) is 0 Å². The second kappa shape index (κ2) is 7.84. The monoisotopic (exact) mass is 389 g/mol. The first-order valence-electron chi connectivity index (χ1n) is 9.52. The lowest BCUT2D eigenvalue weighted by Crippen LogP contribution is -2.41. The third-order valence-electron chi connectivity index (χ3n) is 5.19. The number of nitrogens with zero attached hydrogens (tertiary/aromatic N) is 5. The maximum Gasteiger partial charge on any atom is 0.257 e. The standard InChI is InChI=1S/C22H20FN5O/c1-15-13-27(22(29)18-9-7-17(12-24)11-19(18)23)14-21-26-25-20(28(15)21)10-8-16-5-3-2-4-6-16/h2-7,9,11,15H,8,10,13-14H2,1H3/t15-/m0/s1. The van der Waals surface area contributed by atoms with Gasteiger partial charge in [-0.1, -0.05) is 30.3 Å². The van der Waals surface area contributed by atoms with Gasteiger partial charge in [0.05, 0.1) is 29.8 Å². The van der Waals surface area contributed by atoms with E-state index in [1.54, 1.807) is 4.90 Å². The molecule has 1 aliphatic rings. The molecule has 0 unspecified atom stereocenters. The van der Waals surface area contributed by atoms with Crippen molar-refractivity contribution in [1.29, 1.82) is 5.26 Å². The molecule has 0 bridgehead atoms. The van der Waals surface area contributed by atoms with E-state index in [0.29, 0.717) is 12.4 Å². The number of fused-ring (bicyclic) bond motifs is 1. The predicted molar refractivity (Wildman–Crippen MR) is 104 cm³/mol. The van der Waals surface area contributed by atoms with Crippen molar-refractivity contribution in [3.05, 3.63) is 82.7 Å². The fraction of sp³-hybridized carbons (Fsp3) is 0.273. The lowest BCUT2D eigenvalue weighted by molar-refractivity contribution is 0.0675. The van der Waals surface area contributed by atoms with Gasteiger partial charge >= 0.3 is 0 Å². The maximum atomic E-state index is 14.3. The summed E-state index contributed by atoms with van der Waals surface area (Å²) in [6.45, 7) is 2.73. The van der Waals surface area contributed by atoms with Gasteiger partial charge in [0.15, 0.2) is 5.82 Å². The zero-order valence-electron chi connectivity index (χ0n) is 16.0. The van der Waals surface area contributed by atoms with Crippen LogP contribution in [0.2, 0.25) is 0 Å².